The lowest BCUT2D eigenvalue weighted by atomic mass is 10.1. The molecule has 5 heteroatoms. The van der Waals surface area contributed by atoms with Gasteiger partial charge in [0.1, 0.15) is 17.5 Å². The summed E-state index contributed by atoms with van der Waals surface area (Å²) in [5, 5.41) is 6.39. The lowest BCUT2D eigenvalue weighted by Gasteiger charge is -2.22. The van der Waals surface area contributed by atoms with Gasteiger partial charge in [-0.05, 0) is 32.9 Å². The molecular weight excluding hydrogens is 315 g/mol. The van der Waals surface area contributed by atoms with Crippen LogP contribution >= 0.6 is 0 Å². The summed E-state index contributed by atoms with van der Waals surface area (Å²) in [6.07, 6.45) is 0. The predicted molar refractivity (Wildman–Crippen MR) is 101 cm³/mol. The summed E-state index contributed by atoms with van der Waals surface area (Å²) in [7, 11) is 0. The zero-order chi connectivity index (χ0) is 17.9. The van der Waals surface area contributed by atoms with Gasteiger partial charge in [-0.1, -0.05) is 42.5 Å². The van der Waals surface area contributed by atoms with Crippen LogP contribution < -0.4 is 10.6 Å². The molecule has 3 aromatic rings. The zero-order valence-electron chi connectivity index (χ0n) is 14.5. The standard InChI is InChI=1S/C20H21FN4/c1-20(2,3)25-18-13-17(22-16-12-8-7-11-15(16)21)23-19(24-18)14-9-5-4-6-10-14/h4-13H,1-3H3,(H2,22,23,24,25). The first kappa shape index (κ1) is 16.9. The zero-order valence-corrected chi connectivity index (χ0v) is 14.5. The molecule has 0 aliphatic heterocycles. The molecule has 4 nitrogen and oxygen atoms in total. The number of benzene rings is 2. The van der Waals surface area contributed by atoms with Gasteiger partial charge >= 0.3 is 0 Å². The van der Waals surface area contributed by atoms with E-state index in [1.807, 2.05) is 30.3 Å². The number of nitrogens with zero attached hydrogens (tertiary/aromatic N) is 2. The lowest BCUT2D eigenvalue weighted by Crippen LogP contribution is -2.26. The topological polar surface area (TPSA) is 49.8 Å². The van der Waals surface area contributed by atoms with Gasteiger partial charge < -0.3 is 10.6 Å². The third-order valence-electron chi connectivity index (χ3n) is 3.40. The number of hydrogen-bond donors (Lipinski definition) is 2. The highest BCUT2D eigenvalue weighted by Gasteiger charge is 2.14. The van der Waals surface area contributed by atoms with Crippen molar-refractivity contribution in [3.8, 4) is 11.4 Å². The Morgan fingerprint density at radius 3 is 2.16 bits per heavy atom. The molecule has 0 amide bonds. The minimum Gasteiger partial charge on any atom is -0.365 e. The molecule has 0 saturated carbocycles. The molecule has 1 aromatic heterocycles. The highest BCUT2D eigenvalue weighted by molar-refractivity contribution is 5.65. The number of halogens is 1. The van der Waals surface area contributed by atoms with Crippen LogP contribution in [0.2, 0.25) is 0 Å². The normalized spacial score (nSPS) is 11.2. The van der Waals surface area contributed by atoms with E-state index in [0.717, 1.165) is 5.56 Å². The van der Waals surface area contributed by atoms with Gasteiger partial charge in [-0.25, -0.2) is 14.4 Å². The Morgan fingerprint density at radius 1 is 0.840 bits per heavy atom. The number of anilines is 3. The van der Waals surface area contributed by atoms with E-state index < -0.39 is 0 Å². The van der Waals surface area contributed by atoms with Crippen LogP contribution in [0.15, 0.2) is 60.7 Å². The van der Waals surface area contributed by atoms with Crippen molar-refractivity contribution in [1.82, 2.24) is 9.97 Å². The van der Waals surface area contributed by atoms with Crippen molar-refractivity contribution < 1.29 is 4.39 Å². The van der Waals surface area contributed by atoms with Gasteiger partial charge in [0, 0.05) is 17.2 Å². The lowest BCUT2D eigenvalue weighted by molar-refractivity contribution is 0.629. The molecule has 0 aliphatic carbocycles. The van der Waals surface area contributed by atoms with Crippen LogP contribution in [0.4, 0.5) is 21.7 Å². The summed E-state index contributed by atoms with van der Waals surface area (Å²) in [6.45, 7) is 6.17. The van der Waals surface area contributed by atoms with E-state index in [1.165, 1.54) is 6.07 Å². The molecule has 0 fully saturated rings. The van der Waals surface area contributed by atoms with Crippen molar-refractivity contribution in [3.05, 3.63) is 66.5 Å². The van der Waals surface area contributed by atoms with Crippen LogP contribution in [0.25, 0.3) is 11.4 Å². The Bertz CT molecular complexity index is 857. The molecular formula is C20H21FN4. The molecule has 3 rings (SSSR count). The summed E-state index contributed by atoms with van der Waals surface area (Å²) in [6, 6.07) is 18.0. The van der Waals surface area contributed by atoms with Crippen molar-refractivity contribution >= 4 is 17.3 Å². The SMILES string of the molecule is CC(C)(C)Nc1cc(Nc2ccccc2F)nc(-c2ccccc2)n1. The summed E-state index contributed by atoms with van der Waals surface area (Å²) in [5.74, 6) is 1.47. The van der Waals surface area contributed by atoms with E-state index in [4.69, 9.17) is 0 Å². The minimum atomic E-state index is -0.326. The average molecular weight is 336 g/mol. The van der Waals surface area contributed by atoms with Crippen LogP contribution in [0, 0.1) is 5.82 Å². The fraction of sp³-hybridized carbons (Fsp3) is 0.200. The quantitative estimate of drug-likeness (QED) is 0.684. The highest BCUT2D eigenvalue weighted by Crippen LogP contribution is 2.25. The number of para-hydroxylation sites is 1. The molecule has 2 aromatic carbocycles. The molecule has 1 heterocycles. The minimum absolute atomic E-state index is 0.155. The highest BCUT2D eigenvalue weighted by atomic mass is 19.1. The van der Waals surface area contributed by atoms with Crippen LogP contribution in [0.1, 0.15) is 20.8 Å². The number of nitrogens with one attached hydrogen (secondary N) is 2. The second-order valence-electron chi connectivity index (χ2n) is 6.81. The number of hydrogen-bond acceptors (Lipinski definition) is 4. The molecule has 2 N–H and O–H groups in total. The van der Waals surface area contributed by atoms with Gasteiger partial charge in [0.15, 0.2) is 5.82 Å². The smallest absolute Gasteiger partial charge is 0.163 e. The predicted octanol–water partition coefficient (Wildman–Crippen LogP) is 5.24. The van der Waals surface area contributed by atoms with Crippen LogP contribution in [0.3, 0.4) is 0 Å². The third kappa shape index (κ3) is 4.53. The Balaban J connectivity index is 2.02. The Hall–Kier alpha value is -2.95. The summed E-state index contributed by atoms with van der Waals surface area (Å²) in [5.41, 5.74) is 1.12. The van der Waals surface area contributed by atoms with Crippen molar-refractivity contribution in [2.45, 2.75) is 26.3 Å². The number of rotatable bonds is 4. The summed E-state index contributed by atoms with van der Waals surface area (Å²) < 4.78 is 13.9. The van der Waals surface area contributed by atoms with Gasteiger partial charge in [0.2, 0.25) is 0 Å². The van der Waals surface area contributed by atoms with Gasteiger partial charge in [0.05, 0.1) is 5.69 Å². The largest absolute Gasteiger partial charge is 0.365 e. The van der Waals surface area contributed by atoms with Crippen molar-refractivity contribution in [3.63, 3.8) is 0 Å². The van der Waals surface area contributed by atoms with Crippen LogP contribution in [-0.2, 0) is 0 Å². The fourth-order valence-corrected chi connectivity index (χ4v) is 2.38. The summed E-state index contributed by atoms with van der Waals surface area (Å²) >= 11 is 0. The van der Waals surface area contributed by atoms with E-state index in [1.54, 1.807) is 24.3 Å². The van der Waals surface area contributed by atoms with E-state index >= 15 is 0 Å². The van der Waals surface area contributed by atoms with E-state index in [0.29, 0.717) is 23.1 Å². The van der Waals surface area contributed by atoms with E-state index in [-0.39, 0.29) is 11.4 Å². The van der Waals surface area contributed by atoms with Crippen molar-refractivity contribution in [2.24, 2.45) is 0 Å². The van der Waals surface area contributed by atoms with E-state index in [2.05, 4.69) is 41.4 Å². The molecule has 25 heavy (non-hydrogen) atoms. The Morgan fingerprint density at radius 2 is 1.48 bits per heavy atom. The first-order valence-corrected chi connectivity index (χ1v) is 8.15. The first-order valence-electron chi connectivity index (χ1n) is 8.15. The number of aromatic nitrogens is 2. The van der Waals surface area contributed by atoms with Crippen LogP contribution in [0.5, 0.6) is 0 Å². The second-order valence-corrected chi connectivity index (χ2v) is 6.81. The average Bonchev–Trinajstić information content (AvgIpc) is 2.56. The van der Waals surface area contributed by atoms with Gasteiger partial charge in [-0.3, -0.25) is 0 Å². The van der Waals surface area contributed by atoms with Gasteiger partial charge in [0.25, 0.3) is 0 Å². The Labute approximate surface area is 147 Å². The van der Waals surface area contributed by atoms with Crippen LogP contribution in [-0.4, -0.2) is 15.5 Å². The van der Waals surface area contributed by atoms with Crippen molar-refractivity contribution in [1.29, 1.82) is 0 Å². The molecule has 0 aliphatic rings. The molecule has 0 spiro atoms. The maximum Gasteiger partial charge on any atom is 0.163 e. The molecule has 0 radical (unpaired) electrons. The van der Waals surface area contributed by atoms with E-state index in [9.17, 15) is 4.39 Å². The monoisotopic (exact) mass is 336 g/mol. The van der Waals surface area contributed by atoms with Gasteiger partial charge in [-0.15, -0.1) is 0 Å². The molecule has 128 valence electrons. The molecule has 0 saturated heterocycles. The van der Waals surface area contributed by atoms with Crippen molar-refractivity contribution in [2.75, 3.05) is 10.6 Å². The maximum absolute atomic E-state index is 13.9. The van der Waals surface area contributed by atoms with Gasteiger partial charge in [-0.2, -0.15) is 0 Å². The fourth-order valence-electron chi connectivity index (χ4n) is 2.38. The molecule has 0 bridgehead atoms. The molecule has 0 unspecified atom stereocenters. The first-order chi connectivity index (χ1) is 11.9. The third-order valence-corrected chi connectivity index (χ3v) is 3.40. The Kier molecular flexibility index (Phi) is 4.65. The second kappa shape index (κ2) is 6.89. The summed E-state index contributed by atoms with van der Waals surface area (Å²) in [4.78, 5) is 9.14. The maximum atomic E-state index is 13.9. The molecule has 0 atom stereocenters.